The van der Waals surface area contributed by atoms with Gasteiger partial charge in [-0.2, -0.15) is 0 Å². The summed E-state index contributed by atoms with van der Waals surface area (Å²) in [4.78, 5) is 0. The summed E-state index contributed by atoms with van der Waals surface area (Å²) in [6.45, 7) is 8.12. The molecule has 0 aromatic rings. The summed E-state index contributed by atoms with van der Waals surface area (Å²) in [6.07, 6.45) is 6.90. The summed E-state index contributed by atoms with van der Waals surface area (Å²) in [6, 6.07) is 0.583. The molecule has 0 aliphatic heterocycles. The smallest absolute Gasteiger partial charge is 0.0715 e. The van der Waals surface area contributed by atoms with Gasteiger partial charge in [-0.3, -0.25) is 0 Å². The second-order valence-electron chi connectivity index (χ2n) is 5.00. The van der Waals surface area contributed by atoms with Crippen molar-refractivity contribution in [1.82, 2.24) is 5.32 Å². The molecule has 2 N–H and O–H groups in total. The van der Waals surface area contributed by atoms with Crippen LogP contribution >= 0.6 is 0 Å². The molecule has 0 aromatic heterocycles. The van der Waals surface area contributed by atoms with Gasteiger partial charge >= 0.3 is 0 Å². The summed E-state index contributed by atoms with van der Waals surface area (Å²) in [5.74, 6) is 0.845. The third kappa shape index (κ3) is 4.77. The second-order valence-corrected chi connectivity index (χ2v) is 5.00. The fourth-order valence-corrected chi connectivity index (χ4v) is 1.68. The SMILES string of the molecule is C=CCCC(NCC(C)(C)O)C1CC1. The van der Waals surface area contributed by atoms with Crippen LogP contribution in [0.4, 0.5) is 0 Å². The molecule has 0 amide bonds. The van der Waals surface area contributed by atoms with Crippen molar-refractivity contribution in [1.29, 1.82) is 0 Å². The van der Waals surface area contributed by atoms with E-state index in [0.717, 1.165) is 18.8 Å². The monoisotopic (exact) mass is 197 g/mol. The average molecular weight is 197 g/mol. The van der Waals surface area contributed by atoms with Crippen molar-refractivity contribution in [3.8, 4) is 0 Å². The van der Waals surface area contributed by atoms with Crippen molar-refractivity contribution in [2.45, 2.75) is 51.2 Å². The third-order valence-corrected chi connectivity index (χ3v) is 2.67. The minimum atomic E-state index is -0.596. The van der Waals surface area contributed by atoms with E-state index in [4.69, 9.17) is 0 Å². The Bertz CT molecular complexity index is 179. The van der Waals surface area contributed by atoms with E-state index in [1.165, 1.54) is 12.8 Å². The first kappa shape index (κ1) is 11.7. The zero-order chi connectivity index (χ0) is 10.6. The van der Waals surface area contributed by atoms with Gasteiger partial charge in [-0.05, 0) is 45.4 Å². The summed E-state index contributed by atoms with van der Waals surface area (Å²) in [5.41, 5.74) is -0.596. The topological polar surface area (TPSA) is 32.3 Å². The maximum absolute atomic E-state index is 9.61. The number of nitrogens with one attached hydrogen (secondary N) is 1. The summed E-state index contributed by atoms with van der Waals surface area (Å²) < 4.78 is 0. The van der Waals surface area contributed by atoms with Crippen LogP contribution in [0.25, 0.3) is 0 Å². The molecule has 82 valence electrons. The van der Waals surface area contributed by atoms with E-state index in [0.29, 0.717) is 12.6 Å². The van der Waals surface area contributed by atoms with Crippen LogP contribution in [0.5, 0.6) is 0 Å². The molecule has 1 atom stereocenters. The zero-order valence-electron chi connectivity index (χ0n) is 9.42. The molecule has 2 nitrogen and oxygen atoms in total. The molecule has 1 aliphatic rings. The van der Waals surface area contributed by atoms with Crippen LogP contribution < -0.4 is 5.32 Å². The lowest BCUT2D eigenvalue weighted by Crippen LogP contribution is -2.41. The van der Waals surface area contributed by atoms with Gasteiger partial charge in [-0.1, -0.05) is 6.08 Å². The first-order valence-corrected chi connectivity index (χ1v) is 5.59. The Kier molecular flexibility index (Phi) is 4.14. The highest BCUT2D eigenvalue weighted by Crippen LogP contribution is 2.34. The Morgan fingerprint density at radius 2 is 2.21 bits per heavy atom. The first-order valence-electron chi connectivity index (χ1n) is 5.59. The quantitative estimate of drug-likeness (QED) is 0.613. The first-order chi connectivity index (χ1) is 6.53. The van der Waals surface area contributed by atoms with Crippen LogP contribution in [-0.4, -0.2) is 23.3 Å². The normalized spacial score (nSPS) is 19.4. The molecular weight excluding hydrogens is 174 g/mol. The second kappa shape index (κ2) is 4.94. The average Bonchev–Trinajstić information content (AvgIpc) is 2.86. The zero-order valence-corrected chi connectivity index (χ0v) is 9.42. The van der Waals surface area contributed by atoms with Gasteiger partial charge in [0.15, 0.2) is 0 Å². The van der Waals surface area contributed by atoms with E-state index >= 15 is 0 Å². The molecule has 1 rings (SSSR count). The number of hydrogen-bond acceptors (Lipinski definition) is 2. The standard InChI is InChI=1S/C12H23NO/c1-4-5-6-11(10-7-8-10)13-9-12(2,3)14/h4,10-11,13-14H,1,5-9H2,2-3H3. The largest absolute Gasteiger partial charge is 0.389 e. The predicted octanol–water partition coefficient (Wildman–Crippen LogP) is 2.09. The van der Waals surface area contributed by atoms with Gasteiger partial charge in [-0.15, -0.1) is 6.58 Å². The van der Waals surface area contributed by atoms with Gasteiger partial charge in [-0.25, -0.2) is 0 Å². The van der Waals surface area contributed by atoms with Crippen molar-refractivity contribution < 1.29 is 5.11 Å². The molecule has 14 heavy (non-hydrogen) atoms. The van der Waals surface area contributed by atoms with Crippen LogP contribution in [0.1, 0.15) is 39.5 Å². The molecule has 0 radical (unpaired) electrons. The highest BCUT2D eigenvalue weighted by Gasteiger charge is 2.31. The van der Waals surface area contributed by atoms with E-state index in [9.17, 15) is 5.11 Å². The molecule has 2 heteroatoms. The van der Waals surface area contributed by atoms with Gasteiger partial charge in [0.05, 0.1) is 5.60 Å². The van der Waals surface area contributed by atoms with Crippen molar-refractivity contribution in [3.63, 3.8) is 0 Å². The van der Waals surface area contributed by atoms with Crippen molar-refractivity contribution in [3.05, 3.63) is 12.7 Å². The highest BCUT2D eigenvalue weighted by atomic mass is 16.3. The molecule has 0 heterocycles. The summed E-state index contributed by atoms with van der Waals surface area (Å²) >= 11 is 0. The van der Waals surface area contributed by atoms with Gasteiger partial charge in [0.1, 0.15) is 0 Å². The molecular formula is C12H23NO. The Balaban J connectivity index is 2.24. The molecule has 0 saturated heterocycles. The minimum Gasteiger partial charge on any atom is -0.389 e. The molecule has 1 fully saturated rings. The van der Waals surface area contributed by atoms with Gasteiger partial charge in [0.25, 0.3) is 0 Å². The van der Waals surface area contributed by atoms with Crippen LogP contribution in [-0.2, 0) is 0 Å². The van der Waals surface area contributed by atoms with Gasteiger partial charge in [0, 0.05) is 12.6 Å². The molecule has 0 spiro atoms. The van der Waals surface area contributed by atoms with Crippen molar-refractivity contribution >= 4 is 0 Å². The van der Waals surface area contributed by atoms with E-state index in [2.05, 4.69) is 11.9 Å². The maximum Gasteiger partial charge on any atom is 0.0715 e. The Labute approximate surface area is 87.4 Å². The van der Waals surface area contributed by atoms with Crippen molar-refractivity contribution in [2.24, 2.45) is 5.92 Å². The van der Waals surface area contributed by atoms with E-state index in [1.54, 1.807) is 0 Å². The Hall–Kier alpha value is -0.340. The van der Waals surface area contributed by atoms with E-state index in [1.807, 2.05) is 19.9 Å². The van der Waals surface area contributed by atoms with Crippen LogP contribution in [0, 0.1) is 5.92 Å². The van der Waals surface area contributed by atoms with Crippen molar-refractivity contribution in [2.75, 3.05) is 6.54 Å². The molecule has 1 unspecified atom stereocenters. The number of allylic oxidation sites excluding steroid dienone is 1. The lowest BCUT2D eigenvalue weighted by molar-refractivity contribution is 0.0750. The maximum atomic E-state index is 9.61. The Morgan fingerprint density at radius 1 is 1.57 bits per heavy atom. The third-order valence-electron chi connectivity index (χ3n) is 2.67. The molecule has 0 bridgehead atoms. The van der Waals surface area contributed by atoms with Crippen LogP contribution in [0.2, 0.25) is 0 Å². The van der Waals surface area contributed by atoms with Crippen LogP contribution in [0.15, 0.2) is 12.7 Å². The Morgan fingerprint density at radius 3 is 2.64 bits per heavy atom. The minimum absolute atomic E-state index is 0.583. The molecule has 0 aromatic carbocycles. The van der Waals surface area contributed by atoms with E-state index in [-0.39, 0.29) is 0 Å². The number of hydrogen-bond donors (Lipinski definition) is 2. The molecule has 1 saturated carbocycles. The lowest BCUT2D eigenvalue weighted by Gasteiger charge is -2.23. The highest BCUT2D eigenvalue weighted by molar-refractivity contribution is 4.89. The number of aliphatic hydroxyl groups is 1. The summed E-state index contributed by atoms with van der Waals surface area (Å²) in [5, 5.41) is 13.1. The van der Waals surface area contributed by atoms with Gasteiger partial charge in [0.2, 0.25) is 0 Å². The summed E-state index contributed by atoms with van der Waals surface area (Å²) in [7, 11) is 0. The fourth-order valence-electron chi connectivity index (χ4n) is 1.68. The predicted molar refractivity (Wildman–Crippen MR) is 60.2 cm³/mol. The lowest BCUT2D eigenvalue weighted by atomic mass is 10.0. The fraction of sp³-hybridized carbons (Fsp3) is 0.833. The molecule has 1 aliphatic carbocycles. The van der Waals surface area contributed by atoms with E-state index < -0.39 is 5.60 Å². The van der Waals surface area contributed by atoms with Crippen LogP contribution in [0.3, 0.4) is 0 Å². The van der Waals surface area contributed by atoms with Gasteiger partial charge < -0.3 is 10.4 Å². The number of rotatable bonds is 7.